The molecule has 4 nitrogen and oxygen atoms in total. The van der Waals surface area contributed by atoms with Crippen molar-refractivity contribution in [1.29, 1.82) is 0 Å². The minimum absolute atomic E-state index is 0.0641. The van der Waals surface area contributed by atoms with Crippen LogP contribution in [-0.4, -0.2) is 25.7 Å². The molecule has 1 saturated heterocycles. The van der Waals surface area contributed by atoms with Gasteiger partial charge in [-0.25, -0.2) is 0 Å². The molecule has 1 aromatic carbocycles. The smallest absolute Gasteiger partial charge is 0.294 e. The number of ether oxygens (including phenoxy) is 1. The predicted molar refractivity (Wildman–Crippen MR) is 63.6 cm³/mol. The summed E-state index contributed by atoms with van der Waals surface area (Å²) in [6, 6.07) is 6.29. The Morgan fingerprint density at radius 1 is 1.24 bits per heavy atom. The zero-order valence-electron chi connectivity index (χ0n) is 9.50. The maximum Gasteiger partial charge on any atom is 0.294 e. The van der Waals surface area contributed by atoms with Gasteiger partial charge in [0.15, 0.2) is 0 Å². The van der Waals surface area contributed by atoms with Gasteiger partial charge in [0.1, 0.15) is 0 Å². The zero-order valence-corrected chi connectivity index (χ0v) is 10.3. The predicted octanol–water partition coefficient (Wildman–Crippen LogP) is 2.04. The van der Waals surface area contributed by atoms with Gasteiger partial charge in [-0.2, -0.15) is 8.42 Å². The van der Waals surface area contributed by atoms with Crippen molar-refractivity contribution in [3.8, 4) is 0 Å². The highest BCUT2D eigenvalue weighted by molar-refractivity contribution is 7.85. The number of benzene rings is 1. The third-order valence-corrected chi connectivity index (χ3v) is 3.83. The molecule has 0 saturated carbocycles. The quantitative estimate of drug-likeness (QED) is 0.841. The zero-order chi connectivity index (χ0) is 12.3. The van der Waals surface area contributed by atoms with Gasteiger partial charge in [0.2, 0.25) is 0 Å². The SMILES string of the molecule is O=S(=O)(O)c1ccc(CC2CCCCO2)cc1. The molecule has 1 aromatic rings. The van der Waals surface area contributed by atoms with Crippen molar-refractivity contribution in [2.75, 3.05) is 6.61 Å². The van der Waals surface area contributed by atoms with Gasteiger partial charge in [0.05, 0.1) is 11.0 Å². The van der Waals surface area contributed by atoms with Gasteiger partial charge in [-0.3, -0.25) is 4.55 Å². The highest BCUT2D eigenvalue weighted by Crippen LogP contribution is 2.18. The first-order valence-electron chi connectivity index (χ1n) is 5.74. The van der Waals surface area contributed by atoms with Gasteiger partial charge in [-0.15, -0.1) is 0 Å². The Balaban J connectivity index is 2.03. The fraction of sp³-hybridized carbons (Fsp3) is 0.500. The lowest BCUT2D eigenvalue weighted by molar-refractivity contribution is 0.0168. The first-order chi connectivity index (χ1) is 8.05. The van der Waals surface area contributed by atoms with E-state index in [9.17, 15) is 8.42 Å². The van der Waals surface area contributed by atoms with E-state index in [4.69, 9.17) is 9.29 Å². The van der Waals surface area contributed by atoms with Crippen molar-refractivity contribution in [3.63, 3.8) is 0 Å². The summed E-state index contributed by atoms with van der Waals surface area (Å²) in [5, 5.41) is 0. The van der Waals surface area contributed by atoms with Crippen LogP contribution in [0.5, 0.6) is 0 Å². The molecule has 1 aliphatic rings. The van der Waals surface area contributed by atoms with E-state index in [2.05, 4.69) is 0 Å². The van der Waals surface area contributed by atoms with Crippen molar-refractivity contribution in [2.45, 2.75) is 36.7 Å². The number of hydrogen-bond donors (Lipinski definition) is 1. The summed E-state index contributed by atoms with van der Waals surface area (Å²) >= 11 is 0. The number of rotatable bonds is 3. The van der Waals surface area contributed by atoms with Crippen molar-refractivity contribution in [2.24, 2.45) is 0 Å². The van der Waals surface area contributed by atoms with Crippen LogP contribution < -0.4 is 0 Å². The summed E-state index contributed by atoms with van der Waals surface area (Å²) in [5.74, 6) is 0. The molecule has 94 valence electrons. The first-order valence-corrected chi connectivity index (χ1v) is 7.18. The highest BCUT2D eigenvalue weighted by atomic mass is 32.2. The molecule has 1 N–H and O–H groups in total. The third kappa shape index (κ3) is 3.52. The van der Waals surface area contributed by atoms with Crippen molar-refractivity contribution < 1.29 is 17.7 Å². The molecule has 1 aliphatic heterocycles. The van der Waals surface area contributed by atoms with Gasteiger partial charge in [-0.1, -0.05) is 12.1 Å². The lowest BCUT2D eigenvalue weighted by atomic mass is 10.0. The molecule has 17 heavy (non-hydrogen) atoms. The standard InChI is InChI=1S/C12H16O4S/c13-17(14,15)12-6-4-10(5-7-12)9-11-3-1-2-8-16-11/h4-7,11H,1-3,8-9H2,(H,13,14,15). The van der Waals surface area contributed by atoms with Crippen LogP contribution in [0, 0.1) is 0 Å². The van der Waals surface area contributed by atoms with Gasteiger partial charge >= 0.3 is 0 Å². The Labute approximate surface area is 101 Å². The Morgan fingerprint density at radius 3 is 2.47 bits per heavy atom. The minimum atomic E-state index is -4.08. The van der Waals surface area contributed by atoms with Gasteiger partial charge in [-0.05, 0) is 43.4 Å². The molecule has 0 radical (unpaired) electrons. The third-order valence-electron chi connectivity index (χ3n) is 2.96. The Bertz CT molecular complexity index is 458. The van der Waals surface area contributed by atoms with E-state index in [1.165, 1.54) is 18.6 Å². The summed E-state index contributed by atoms with van der Waals surface area (Å²) in [7, 11) is -4.08. The second-order valence-electron chi connectivity index (χ2n) is 4.31. The summed E-state index contributed by atoms with van der Waals surface area (Å²) in [6.07, 6.45) is 4.40. The fourth-order valence-corrected chi connectivity index (χ4v) is 2.51. The van der Waals surface area contributed by atoms with Gasteiger partial charge in [0.25, 0.3) is 10.1 Å². The highest BCUT2D eigenvalue weighted by Gasteiger charge is 2.15. The Kier molecular flexibility index (Phi) is 3.81. The van der Waals surface area contributed by atoms with Crippen LogP contribution in [0.15, 0.2) is 29.2 Å². The molecule has 1 heterocycles. The van der Waals surface area contributed by atoms with Crippen LogP contribution >= 0.6 is 0 Å². The average Bonchev–Trinajstić information content (AvgIpc) is 2.30. The van der Waals surface area contributed by atoms with E-state index in [1.807, 2.05) is 0 Å². The summed E-state index contributed by atoms with van der Waals surface area (Å²) in [6.45, 7) is 0.813. The van der Waals surface area contributed by atoms with Crippen LogP contribution in [0.3, 0.4) is 0 Å². The molecule has 2 rings (SSSR count). The number of hydrogen-bond acceptors (Lipinski definition) is 3. The van der Waals surface area contributed by atoms with Crippen molar-refractivity contribution in [3.05, 3.63) is 29.8 Å². The van der Waals surface area contributed by atoms with Crippen LogP contribution in [0.2, 0.25) is 0 Å². The van der Waals surface area contributed by atoms with E-state index < -0.39 is 10.1 Å². The molecule has 0 aromatic heterocycles. The van der Waals surface area contributed by atoms with Crippen LogP contribution in [0.1, 0.15) is 24.8 Å². The van der Waals surface area contributed by atoms with Crippen molar-refractivity contribution >= 4 is 10.1 Å². The monoisotopic (exact) mass is 256 g/mol. The molecule has 0 aliphatic carbocycles. The topological polar surface area (TPSA) is 63.6 Å². The van der Waals surface area contributed by atoms with Crippen LogP contribution in [-0.2, 0) is 21.3 Å². The summed E-state index contributed by atoms with van der Waals surface area (Å²) in [4.78, 5) is -0.0641. The van der Waals surface area contributed by atoms with E-state index in [0.717, 1.165) is 31.4 Å². The second kappa shape index (κ2) is 5.16. The molecular weight excluding hydrogens is 240 g/mol. The molecule has 5 heteroatoms. The first kappa shape index (κ1) is 12.5. The summed E-state index contributed by atoms with van der Waals surface area (Å²) in [5.41, 5.74) is 1.03. The largest absolute Gasteiger partial charge is 0.378 e. The van der Waals surface area contributed by atoms with E-state index in [-0.39, 0.29) is 11.0 Å². The molecule has 1 fully saturated rings. The molecule has 0 bridgehead atoms. The maximum atomic E-state index is 10.9. The lowest BCUT2D eigenvalue weighted by Crippen LogP contribution is -2.21. The maximum absolute atomic E-state index is 10.9. The van der Waals surface area contributed by atoms with Crippen molar-refractivity contribution in [1.82, 2.24) is 0 Å². The molecular formula is C12H16O4S. The minimum Gasteiger partial charge on any atom is -0.378 e. The van der Waals surface area contributed by atoms with E-state index in [1.54, 1.807) is 12.1 Å². The second-order valence-corrected chi connectivity index (χ2v) is 5.73. The Hall–Kier alpha value is -0.910. The normalized spacial score (nSPS) is 21.4. The Morgan fingerprint density at radius 2 is 1.94 bits per heavy atom. The molecule has 0 spiro atoms. The summed E-state index contributed by atoms with van der Waals surface area (Å²) < 4.78 is 36.2. The van der Waals surface area contributed by atoms with E-state index in [0.29, 0.717) is 0 Å². The average molecular weight is 256 g/mol. The molecule has 1 unspecified atom stereocenters. The fourth-order valence-electron chi connectivity index (χ4n) is 2.03. The molecule has 0 amide bonds. The van der Waals surface area contributed by atoms with Crippen LogP contribution in [0.4, 0.5) is 0 Å². The molecule has 1 atom stereocenters. The van der Waals surface area contributed by atoms with Crippen LogP contribution in [0.25, 0.3) is 0 Å². The lowest BCUT2D eigenvalue weighted by Gasteiger charge is -2.22. The van der Waals surface area contributed by atoms with Gasteiger partial charge in [0, 0.05) is 6.61 Å². The van der Waals surface area contributed by atoms with E-state index >= 15 is 0 Å². The van der Waals surface area contributed by atoms with Gasteiger partial charge < -0.3 is 4.74 Å².